The molecule has 2 N–H and O–H groups in total. The van der Waals surface area contributed by atoms with Gasteiger partial charge in [0, 0.05) is 31.6 Å². The van der Waals surface area contributed by atoms with Gasteiger partial charge in [0.2, 0.25) is 0 Å². The Balaban J connectivity index is 1.15. The summed E-state index contributed by atoms with van der Waals surface area (Å²) >= 11 is 0. The third kappa shape index (κ3) is 5.29. The average molecular weight is 477 g/mol. The first-order valence-electron chi connectivity index (χ1n) is 13.1. The lowest BCUT2D eigenvalue weighted by molar-refractivity contribution is -0.148. The average Bonchev–Trinajstić information content (AvgIpc) is 3.45. The molecule has 4 atom stereocenters. The van der Waals surface area contributed by atoms with Gasteiger partial charge in [-0.05, 0) is 42.4 Å². The van der Waals surface area contributed by atoms with Gasteiger partial charge in [-0.2, -0.15) is 0 Å². The summed E-state index contributed by atoms with van der Waals surface area (Å²) in [5, 5.41) is 15.1. The van der Waals surface area contributed by atoms with Gasteiger partial charge in [0.25, 0.3) is 5.91 Å². The molecular weight excluding hydrogens is 440 g/mol. The third-order valence-electron chi connectivity index (χ3n) is 8.18. The molecule has 2 aliphatic carbocycles. The standard InChI is InChI=1S/C29H36N2O4/c32-26(35-23-15-9-4-10-16-23)17-18-31-19-24-25(20-31)27(24)30-28(33)29(34,22-13-7-3-8-14-22)21-11-5-1-2-6-12-21/h3-4,7-10,13-16,21,24-25,27,34H,1-2,5-6,11-12,17-20H2,(H,30,33)/t24-,25?,27?,29?/m0/s1. The zero-order chi connectivity index (χ0) is 24.3. The van der Waals surface area contributed by atoms with Crippen LogP contribution in [-0.4, -0.2) is 47.6 Å². The van der Waals surface area contributed by atoms with Gasteiger partial charge in [-0.1, -0.05) is 74.2 Å². The molecule has 0 aromatic heterocycles. The minimum atomic E-state index is -1.48. The molecule has 2 aromatic rings. The van der Waals surface area contributed by atoms with E-state index in [1.54, 1.807) is 12.1 Å². The third-order valence-corrected chi connectivity index (χ3v) is 8.18. The number of likely N-dealkylation sites (tertiary alicyclic amines) is 1. The number of aliphatic hydroxyl groups is 1. The summed E-state index contributed by atoms with van der Waals surface area (Å²) in [5.74, 6) is 0.824. The molecule has 1 aliphatic heterocycles. The van der Waals surface area contributed by atoms with Crippen LogP contribution in [0.2, 0.25) is 0 Å². The Labute approximate surface area is 207 Å². The number of carbonyl (C=O) groups excluding carboxylic acids is 2. The molecule has 6 heteroatoms. The molecule has 2 saturated carbocycles. The van der Waals surface area contributed by atoms with Gasteiger partial charge >= 0.3 is 5.97 Å². The van der Waals surface area contributed by atoms with Crippen molar-refractivity contribution in [3.05, 3.63) is 66.2 Å². The Morgan fingerprint density at radius 1 is 0.914 bits per heavy atom. The maximum absolute atomic E-state index is 13.6. The number of nitrogens with zero attached hydrogens (tertiary/aromatic N) is 1. The number of esters is 1. The summed E-state index contributed by atoms with van der Waals surface area (Å²) in [6.07, 6.45) is 6.56. The van der Waals surface area contributed by atoms with E-state index in [0.29, 0.717) is 36.1 Å². The number of para-hydroxylation sites is 1. The monoisotopic (exact) mass is 476 g/mol. The van der Waals surface area contributed by atoms with E-state index in [2.05, 4.69) is 10.2 Å². The molecular formula is C29H36N2O4. The van der Waals surface area contributed by atoms with E-state index >= 15 is 0 Å². The fraction of sp³-hybridized carbons (Fsp3) is 0.517. The first kappa shape index (κ1) is 24.0. The van der Waals surface area contributed by atoms with Crippen LogP contribution in [0.25, 0.3) is 0 Å². The molecule has 35 heavy (non-hydrogen) atoms. The first-order chi connectivity index (χ1) is 17.1. The number of hydrogen-bond acceptors (Lipinski definition) is 5. The van der Waals surface area contributed by atoms with Crippen LogP contribution in [0, 0.1) is 17.8 Å². The summed E-state index contributed by atoms with van der Waals surface area (Å²) in [4.78, 5) is 28.0. The minimum Gasteiger partial charge on any atom is -0.426 e. The number of carbonyl (C=O) groups is 2. The molecule has 1 amide bonds. The van der Waals surface area contributed by atoms with E-state index < -0.39 is 5.60 Å². The maximum Gasteiger partial charge on any atom is 0.312 e. The van der Waals surface area contributed by atoms with Crippen molar-refractivity contribution in [1.82, 2.24) is 10.2 Å². The lowest BCUT2D eigenvalue weighted by Crippen LogP contribution is -2.51. The van der Waals surface area contributed by atoms with Gasteiger partial charge in [-0.15, -0.1) is 0 Å². The van der Waals surface area contributed by atoms with Gasteiger partial charge in [0.15, 0.2) is 5.60 Å². The van der Waals surface area contributed by atoms with Crippen LogP contribution in [0.15, 0.2) is 60.7 Å². The van der Waals surface area contributed by atoms with Crippen molar-refractivity contribution in [2.45, 2.75) is 56.6 Å². The minimum absolute atomic E-state index is 0.0573. The van der Waals surface area contributed by atoms with Gasteiger partial charge in [0.05, 0.1) is 6.42 Å². The molecule has 1 saturated heterocycles. The van der Waals surface area contributed by atoms with Gasteiger partial charge in [0.1, 0.15) is 5.75 Å². The largest absolute Gasteiger partial charge is 0.426 e. The van der Waals surface area contributed by atoms with E-state index in [0.717, 1.165) is 38.8 Å². The van der Waals surface area contributed by atoms with Crippen molar-refractivity contribution in [3.63, 3.8) is 0 Å². The van der Waals surface area contributed by atoms with Crippen LogP contribution in [0.1, 0.15) is 50.5 Å². The molecule has 3 unspecified atom stereocenters. The lowest BCUT2D eigenvalue weighted by Gasteiger charge is -2.35. The summed E-state index contributed by atoms with van der Waals surface area (Å²) < 4.78 is 5.38. The summed E-state index contributed by atoms with van der Waals surface area (Å²) in [6.45, 7) is 2.39. The predicted molar refractivity (Wildman–Crippen MR) is 134 cm³/mol. The lowest BCUT2D eigenvalue weighted by atomic mass is 9.76. The second-order valence-corrected chi connectivity index (χ2v) is 10.4. The highest BCUT2D eigenvalue weighted by Gasteiger charge is 2.58. The van der Waals surface area contributed by atoms with Crippen molar-refractivity contribution in [1.29, 1.82) is 0 Å². The summed E-state index contributed by atoms with van der Waals surface area (Å²) in [5.41, 5.74) is -0.780. The SMILES string of the molecule is O=C(CCN1CC2C(NC(=O)C(O)(c3ccccc3)C3CCCCCC3)[C@H]2C1)Oc1ccccc1. The van der Waals surface area contributed by atoms with Crippen LogP contribution >= 0.6 is 0 Å². The van der Waals surface area contributed by atoms with E-state index in [1.165, 1.54) is 12.8 Å². The highest BCUT2D eigenvalue weighted by atomic mass is 16.5. The van der Waals surface area contributed by atoms with Gasteiger partial charge in [-0.25, -0.2) is 0 Å². The number of hydrogen-bond donors (Lipinski definition) is 2. The second-order valence-electron chi connectivity index (χ2n) is 10.4. The predicted octanol–water partition coefficient (Wildman–Crippen LogP) is 3.89. The van der Waals surface area contributed by atoms with Gasteiger partial charge in [-0.3, -0.25) is 9.59 Å². The fourth-order valence-electron chi connectivity index (χ4n) is 6.13. The topological polar surface area (TPSA) is 78.9 Å². The number of fused-ring (bicyclic) bond motifs is 1. The molecule has 0 bridgehead atoms. The Morgan fingerprint density at radius 3 is 2.14 bits per heavy atom. The van der Waals surface area contributed by atoms with Gasteiger partial charge < -0.3 is 20.1 Å². The zero-order valence-electron chi connectivity index (χ0n) is 20.3. The Bertz CT molecular complexity index is 994. The smallest absolute Gasteiger partial charge is 0.312 e. The van der Waals surface area contributed by atoms with E-state index in [-0.39, 0.29) is 23.8 Å². The number of piperidine rings is 1. The van der Waals surface area contributed by atoms with Crippen molar-refractivity contribution < 1.29 is 19.4 Å². The van der Waals surface area contributed by atoms with Crippen LogP contribution in [0.4, 0.5) is 0 Å². The number of ether oxygens (including phenoxy) is 1. The van der Waals surface area contributed by atoms with Crippen LogP contribution in [0.5, 0.6) is 5.75 Å². The van der Waals surface area contributed by atoms with Crippen molar-refractivity contribution >= 4 is 11.9 Å². The molecule has 0 radical (unpaired) electrons. The molecule has 0 spiro atoms. The van der Waals surface area contributed by atoms with E-state index in [9.17, 15) is 14.7 Å². The van der Waals surface area contributed by atoms with Crippen molar-refractivity contribution in [3.8, 4) is 5.75 Å². The number of rotatable bonds is 8. The molecule has 1 heterocycles. The highest BCUT2D eigenvalue weighted by molar-refractivity contribution is 5.87. The number of benzene rings is 2. The normalized spacial score (nSPS) is 26.3. The van der Waals surface area contributed by atoms with Crippen LogP contribution < -0.4 is 10.1 Å². The molecule has 3 aliphatic rings. The van der Waals surface area contributed by atoms with Crippen molar-refractivity contribution in [2.75, 3.05) is 19.6 Å². The zero-order valence-corrected chi connectivity index (χ0v) is 20.3. The molecule has 186 valence electrons. The van der Waals surface area contributed by atoms with E-state index in [4.69, 9.17) is 4.74 Å². The van der Waals surface area contributed by atoms with Crippen molar-refractivity contribution in [2.24, 2.45) is 17.8 Å². The molecule has 6 nitrogen and oxygen atoms in total. The second kappa shape index (κ2) is 10.5. The molecule has 2 aromatic carbocycles. The van der Waals surface area contributed by atoms with Crippen LogP contribution in [-0.2, 0) is 15.2 Å². The summed E-state index contributed by atoms with van der Waals surface area (Å²) in [7, 11) is 0. The quantitative estimate of drug-likeness (QED) is 0.343. The Kier molecular flexibility index (Phi) is 7.21. The molecule has 3 fully saturated rings. The Morgan fingerprint density at radius 2 is 1.51 bits per heavy atom. The summed E-state index contributed by atoms with van der Waals surface area (Å²) in [6, 6.07) is 18.7. The number of nitrogens with one attached hydrogen (secondary N) is 1. The van der Waals surface area contributed by atoms with Crippen LogP contribution in [0.3, 0.4) is 0 Å². The Hall–Kier alpha value is -2.70. The maximum atomic E-state index is 13.6. The highest BCUT2D eigenvalue weighted by Crippen LogP contribution is 2.47. The first-order valence-corrected chi connectivity index (χ1v) is 13.1. The number of amides is 1. The fourth-order valence-corrected chi connectivity index (χ4v) is 6.13. The van der Waals surface area contributed by atoms with E-state index in [1.807, 2.05) is 48.5 Å². The molecule has 5 rings (SSSR count).